The molecule has 0 bridgehead atoms. The number of nitrogens with zero attached hydrogens (tertiary/aromatic N) is 3. The fourth-order valence-electron chi connectivity index (χ4n) is 4.48. The summed E-state index contributed by atoms with van der Waals surface area (Å²) in [5.74, 6) is 0.322. The molecule has 1 fully saturated rings. The highest BCUT2D eigenvalue weighted by atomic mass is 16.6. The molecule has 0 saturated carbocycles. The van der Waals surface area contributed by atoms with Gasteiger partial charge in [0, 0.05) is 31.0 Å². The van der Waals surface area contributed by atoms with Crippen molar-refractivity contribution in [3.63, 3.8) is 0 Å². The van der Waals surface area contributed by atoms with Gasteiger partial charge >= 0.3 is 11.8 Å². The maximum atomic E-state index is 12.7. The fraction of sp³-hybridized carbons (Fsp3) is 0.423. The largest absolute Gasteiger partial charge is 0.475 e. The molecule has 5 rings (SSSR count). The van der Waals surface area contributed by atoms with Gasteiger partial charge in [-0.2, -0.15) is 4.98 Å². The van der Waals surface area contributed by atoms with Crippen molar-refractivity contribution < 1.29 is 19.0 Å². The molecule has 0 aliphatic carbocycles. The molecule has 1 unspecified atom stereocenters. The predicted octanol–water partition coefficient (Wildman–Crippen LogP) is 4.28. The highest BCUT2D eigenvalue weighted by Gasteiger charge is 2.23. The smallest absolute Gasteiger partial charge is 0.418 e. The molecule has 1 aromatic carbocycles. The molecular formula is C26H29N3O5. The van der Waals surface area contributed by atoms with Gasteiger partial charge in [-0.3, -0.25) is 9.13 Å². The maximum Gasteiger partial charge on any atom is 0.418 e. The third-order valence-corrected chi connectivity index (χ3v) is 6.05. The van der Waals surface area contributed by atoms with Gasteiger partial charge in [-0.25, -0.2) is 9.59 Å². The zero-order valence-electron chi connectivity index (χ0n) is 19.7. The van der Waals surface area contributed by atoms with E-state index in [1.54, 1.807) is 10.8 Å². The number of rotatable bonds is 4. The summed E-state index contributed by atoms with van der Waals surface area (Å²) < 4.78 is 20.2. The molecule has 8 nitrogen and oxygen atoms in total. The molecule has 1 atom stereocenters. The maximum absolute atomic E-state index is 12.7. The van der Waals surface area contributed by atoms with E-state index in [1.165, 1.54) is 4.57 Å². The summed E-state index contributed by atoms with van der Waals surface area (Å²) in [4.78, 5) is 29.5. The van der Waals surface area contributed by atoms with Crippen molar-refractivity contribution in [1.82, 2.24) is 14.1 Å². The Bertz CT molecular complexity index is 1280. The van der Waals surface area contributed by atoms with Crippen LogP contribution in [0.25, 0.3) is 22.5 Å². The van der Waals surface area contributed by atoms with Crippen molar-refractivity contribution in [2.24, 2.45) is 0 Å². The predicted molar refractivity (Wildman–Crippen MR) is 127 cm³/mol. The standard InChI is InChI=1S/C26H29N3O5/c1-26(2,3)34-25(31)29-11-4-7-21(29)18-8-9-20-17(14-18)10-12-28-22(20)15-23(27-24(28)30)33-16-19-6-5-13-32-19/h4,7-9,11,14-15,19H,5-6,10,12-13,16H2,1-3H3. The first-order chi connectivity index (χ1) is 16.3. The quantitative estimate of drug-likeness (QED) is 0.574. The van der Waals surface area contributed by atoms with E-state index in [-0.39, 0.29) is 11.8 Å². The topological polar surface area (TPSA) is 84.6 Å². The van der Waals surface area contributed by atoms with Crippen LogP contribution in [0.2, 0.25) is 0 Å². The number of carbonyl (C=O) groups is 1. The molecule has 0 spiro atoms. The van der Waals surface area contributed by atoms with Gasteiger partial charge in [-0.1, -0.05) is 12.1 Å². The Morgan fingerprint density at radius 2 is 2.06 bits per heavy atom. The highest BCUT2D eigenvalue weighted by molar-refractivity contribution is 5.80. The Labute approximate surface area is 198 Å². The minimum Gasteiger partial charge on any atom is -0.475 e. The third kappa shape index (κ3) is 4.50. The van der Waals surface area contributed by atoms with Crippen LogP contribution in [0.3, 0.4) is 0 Å². The van der Waals surface area contributed by atoms with Gasteiger partial charge in [-0.05, 0) is 69.4 Å². The first kappa shape index (κ1) is 22.4. The normalized spacial score (nSPS) is 17.2. The molecule has 34 heavy (non-hydrogen) atoms. The highest BCUT2D eigenvalue weighted by Crippen LogP contribution is 2.33. The summed E-state index contributed by atoms with van der Waals surface area (Å²) in [6, 6.07) is 11.6. The third-order valence-electron chi connectivity index (χ3n) is 6.05. The van der Waals surface area contributed by atoms with E-state index in [2.05, 4.69) is 11.1 Å². The van der Waals surface area contributed by atoms with Crippen LogP contribution in [0.15, 0.2) is 47.4 Å². The molecule has 2 aliphatic heterocycles. The molecule has 178 valence electrons. The zero-order valence-corrected chi connectivity index (χ0v) is 19.7. The van der Waals surface area contributed by atoms with Crippen LogP contribution in [-0.4, -0.2) is 45.1 Å². The van der Waals surface area contributed by atoms with Gasteiger partial charge in [0.2, 0.25) is 5.88 Å². The van der Waals surface area contributed by atoms with Gasteiger partial charge in [0.05, 0.1) is 17.5 Å². The lowest BCUT2D eigenvalue weighted by Gasteiger charge is -2.23. The van der Waals surface area contributed by atoms with E-state index in [9.17, 15) is 9.59 Å². The van der Waals surface area contributed by atoms with Gasteiger partial charge in [0.25, 0.3) is 0 Å². The molecule has 2 aliphatic rings. The molecule has 0 N–H and O–H groups in total. The van der Waals surface area contributed by atoms with Crippen molar-refractivity contribution >= 4 is 6.09 Å². The Hall–Kier alpha value is -3.39. The second-order valence-electron chi connectivity index (χ2n) is 9.73. The number of benzene rings is 1. The number of carbonyl (C=O) groups excluding carboxylic acids is 1. The number of ether oxygens (including phenoxy) is 3. The molecular weight excluding hydrogens is 434 g/mol. The molecule has 3 aromatic rings. The first-order valence-electron chi connectivity index (χ1n) is 11.7. The SMILES string of the molecule is CC(C)(C)OC(=O)n1cccc1-c1ccc2c(c1)CCn1c-2cc(OCC2CCCO2)nc1=O. The lowest BCUT2D eigenvalue weighted by atomic mass is 9.94. The van der Waals surface area contributed by atoms with E-state index in [4.69, 9.17) is 14.2 Å². The summed E-state index contributed by atoms with van der Waals surface area (Å²) in [5, 5.41) is 0. The zero-order chi connectivity index (χ0) is 23.9. The van der Waals surface area contributed by atoms with E-state index in [0.717, 1.165) is 47.5 Å². The lowest BCUT2D eigenvalue weighted by Crippen LogP contribution is -2.29. The number of aromatic nitrogens is 3. The van der Waals surface area contributed by atoms with Crippen LogP contribution in [-0.2, 0) is 22.4 Å². The van der Waals surface area contributed by atoms with E-state index in [0.29, 0.717) is 25.5 Å². The molecule has 4 heterocycles. The minimum absolute atomic E-state index is 0.0525. The Morgan fingerprint density at radius 1 is 1.21 bits per heavy atom. The van der Waals surface area contributed by atoms with Crippen LogP contribution in [0.5, 0.6) is 5.88 Å². The van der Waals surface area contributed by atoms with Crippen molar-refractivity contribution in [3.8, 4) is 28.4 Å². The fourth-order valence-corrected chi connectivity index (χ4v) is 4.48. The minimum atomic E-state index is -0.580. The van der Waals surface area contributed by atoms with Crippen molar-refractivity contribution in [1.29, 1.82) is 0 Å². The summed E-state index contributed by atoms with van der Waals surface area (Å²) in [7, 11) is 0. The van der Waals surface area contributed by atoms with E-state index in [1.807, 2.05) is 51.1 Å². The number of hydrogen-bond donors (Lipinski definition) is 0. The van der Waals surface area contributed by atoms with Gasteiger partial charge < -0.3 is 14.2 Å². The summed E-state index contributed by atoms with van der Waals surface area (Å²) in [6.45, 7) is 7.22. The average molecular weight is 464 g/mol. The van der Waals surface area contributed by atoms with Gasteiger partial charge in [0.1, 0.15) is 12.2 Å². The van der Waals surface area contributed by atoms with E-state index >= 15 is 0 Å². The van der Waals surface area contributed by atoms with Crippen LogP contribution in [0, 0.1) is 0 Å². The Kier molecular flexibility index (Phi) is 5.77. The van der Waals surface area contributed by atoms with Crippen molar-refractivity contribution in [3.05, 3.63) is 58.6 Å². The van der Waals surface area contributed by atoms with Crippen LogP contribution in [0.4, 0.5) is 4.79 Å². The Balaban J connectivity index is 1.44. The monoisotopic (exact) mass is 463 g/mol. The second-order valence-corrected chi connectivity index (χ2v) is 9.73. The summed E-state index contributed by atoms with van der Waals surface area (Å²) in [5.41, 5.74) is 3.64. The van der Waals surface area contributed by atoms with Crippen LogP contribution >= 0.6 is 0 Å². The molecule has 0 radical (unpaired) electrons. The van der Waals surface area contributed by atoms with Gasteiger partial charge in [-0.15, -0.1) is 0 Å². The van der Waals surface area contributed by atoms with Crippen LogP contribution < -0.4 is 10.4 Å². The number of fused-ring (bicyclic) bond motifs is 3. The molecule has 8 heteroatoms. The summed E-state index contributed by atoms with van der Waals surface area (Å²) in [6.07, 6.45) is 4.03. The first-order valence-corrected chi connectivity index (χ1v) is 11.7. The van der Waals surface area contributed by atoms with Crippen LogP contribution in [0.1, 0.15) is 39.2 Å². The van der Waals surface area contributed by atoms with Crippen molar-refractivity contribution in [2.45, 2.75) is 58.3 Å². The lowest BCUT2D eigenvalue weighted by molar-refractivity contribution is 0.0540. The summed E-state index contributed by atoms with van der Waals surface area (Å²) >= 11 is 0. The molecule has 1 saturated heterocycles. The number of hydrogen-bond acceptors (Lipinski definition) is 6. The molecule has 2 aromatic heterocycles. The second kappa shape index (κ2) is 8.76. The van der Waals surface area contributed by atoms with Crippen molar-refractivity contribution in [2.75, 3.05) is 13.2 Å². The van der Waals surface area contributed by atoms with Gasteiger partial charge in [0.15, 0.2) is 0 Å². The molecule has 0 amide bonds. The van der Waals surface area contributed by atoms with E-state index < -0.39 is 11.7 Å². The average Bonchev–Trinajstić information content (AvgIpc) is 3.48. The Morgan fingerprint density at radius 3 is 2.82 bits per heavy atom. The number of aryl methyl sites for hydroxylation is 1.